The quantitative estimate of drug-likeness (QED) is 0.648. The first-order chi connectivity index (χ1) is 8.19. The van der Waals surface area contributed by atoms with Crippen LogP contribution in [-0.2, 0) is 4.79 Å². The molecule has 0 fully saturated rings. The molecule has 0 aromatic heterocycles. The predicted octanol–water partition coefficient (Wildman–Crippen LogP) is 2.31. The second-order valence-electron chi connectivity index (χ2n) is 4.63. The Morgan fingerprint density at radius 2 is 2.17 bits per heavy atom. The number of halogens is 1. The van der Waals surface area contributed by atoms with Crippen molar-refractivity contribution in [3.8, 4) is 0 Å². The molecule has 0 aliphatic rings. The zero-order chi connectivity index (χ0) is 13.9. The van der Waals surface area contributed by atoms with Crippen LogP contribution in [0.25, 0.3) is 0 Å². The summed E-state index contributed by atoms with van der Waals surface area (Å²) in [6.07, 6.45) is 0.0893. The van der Waals surface area contributed by atoms with Gasteiger partial charge in [-0.25, -0.2) is 0 Å². The van der Waals surface area contributed by atoms with Crippen molar-refractivity contribution in [2.75, 3.05) is 5.32 Å². The molecule has 6 nitrogen and oxygen atoms in total. The van der Waals surface area contributed by atoms with Gasteiger partial charge in [0.1, 0.15) is 0 Å². The Balaban J connectivity index is 2.87. The SMILES string of the molecule is CC(C)(N)CC(=O)Nc1cc([N+](=O)[O-])ccc1Cl. The summed E-state index contributed by atoms with van der Waals surface area (Å²) in [5, 5.41) is 13.4. The number of amides is 1. The molecule has 0 radical (unpaired) electrons. The average Bonchev–Trinajstić information content (AvgIpc) is 2.18. The van der Waals surface area contributed by atoms with Gasteiger partial charge in [0.2, 0.25) is 5.91 Å². The summed E-state index contributed by atoms with van der Waals surface area (Å²) in [5.74, 6) is -0.343. The lowest BCUT2D eigenvalue weighted by atomic mass is 10.0. The van der Waals surface area contributed by atoms with E-state index in [0.717, 1.165) is 0 Å². The minimum atomic E-state index is -0.655. The van der Waals surface area contributed by atoms with Crippen molar-refractivity contribution >= 4 is 28.9 Å². The molecule has 1 amide bonds. The molecule has 0 spiro atoms. The Bertz CT molecular complexity index is 483. The highest BCUT2D eigenvalue weighted by Crippen LogP contribution is 2.27. The number of non-ortho nitro benzene ring substituents is 1. The third kappa shape index (κ3) is 4.31. The summed E-state index contributed by atoms with van der Waals surface area (Å²) in [7, 11) is 0. The zero-order valence-corrected chi connectivity index (χ0v) is 10.8. The fraction of sp³-hybridized carbons (Fsp3) is 0.364. The Morgan fingerprint density at radius 3 is 2.67 bits per heavy atom. The maximum absolute atomic E-state index is 11.6. The Kier molecular flexibility index (Phi) is 4.26. The summed E-state index contributed by atoms with van der Waals surface area (Å²) in [6.45, 7) is 3.42. The normalized spacial score (nSPS) is 11.1. The fourth-order valence-corrected chi connectivity index (χ4v) is 1.50. The number of nitrogens with zero attached hydrogens (tertiary/aromatic N) is 1. The van der Waals surface area contributed by atoms with Crippen molar-refractivity contribution < 1.29 is 9.72 Å². The number of hydrogen-bond acceptors (Lipinski definition) is 4. The van der Waals surface area contributed by atoms with Gasteiger partial charge in [0.05, 0.1) is 15.6 Å². The van der Waals surface area contributed by atoms with Crippen LogP contribution in [0.5, 0.6) is 0 Å². The van der Waals surface area contributed by atoms with Crippen LogP contribution in [0.4, 0.5) is 11.4 Å². The zero-order valence-electron chi connectivity index (χ0n) is 10.1. The number of anilines is 1. The van der Waals surface area contributed by atoms with Gasteiger partial charge in [-0.2, -0.15) is 0 Å². The smallest absolute Gasteiger partial charge is 0.271 e. The molecule has 98 valence electrons. The predicted molar refractivity (Wildman–Crippen MR) is 69.6 cm³/mol. The molecule has 1 rings (SSSR count). The van der Waals surface area contributed by atoms with Gasteiger partial charge in [-0.3, -0.25) is 14.9 Å². The molecule has 1 aromatic carbocycles. The molecule has 0 saturated heterocycles. The van der Waals surface area contributed by atoms with Crippen molar-refractivity contribution in [2.24, 2.45) is 5.73 Å². The first kappa shape index (κ1) is 14.4. The van der Waals surface area contributed by atoms with E-state index >= 15 is 0 Å². The molecule has 0 bridgehead atoms. The highest BCUT2D eigenvalue weighted by Gasteiger charge is 2.18. The first-order valence-electron chi connectivity index (χ1n) is 5.22. The van der Waals surface area contributed by atoms with E-state index in [1.54, 1.807) is 13.8 Å². The average molecular weight is 272 g/mol. The summed E-state index contributed by atoms with van der Waals surface area (Å²) < 4.78 is 0. The van der Waals surface area contributed by atoms with Crippen LogP contribution < -0.4 is 11.1 Å². The summed E-state index contributed by atoms with van der Waals surface area (Å²) in [5.41, 5.74) is 5.12. The van der Waals surface area contributed by atoms with Crippen molar-refractivity contribution in [3.63, 3.8) is 0 Å². The lowest BCUT2D eigenvalue weighted by Crippen LogP contribution is -2.36. The van der Waals surface area contributed by atoms with Gasteiger partial charge in [0.15, 0.2) is 0 Å². The number of nitro benzene ring substituents is 1. The van der Waals surface area contributed by atoms with E-state index in [0.29, 0.717) is 0 Å². The number of carbonyl (C=O) groups is 1. The molecule has 0 aliphatic heterocycles. The second-order valence-corrected chi connectivity index (χ2v) is 5.04. The largest absolute Gasteiger partial charge is 0.325 e. The second kappa shape index (κ2) is 5.32. The molecule has 7 heteroatoms. The fourth-order valence-electron chi connectivity index (χ4n) is 1.33. The van der Waals surface area contributed by atoms with Crippen molar-refractivity contribution in [3.05, 3.63) is 33.3 Å². The lowest BCUT2D eigenvalue weighted by molar-refractivity contribution is -0.384. The van der Waals surface area contributed by atoms with Crippen molar-refractivity contribution in [2.45, 2.75) is 25.8 Å². The van der Waals surface area contributed by atoms with Crippen LogP contribution in [0.2, 0.25) is 5.02 Å². The monoisotopic (exact) mass is 271 g/mol. The summed E-state index contributed by atoms with van der Waals surface area (Å²) in [6, 6.07) is 3.84. The molecule has 18 heavy (non-hydrogen) atoms. The molecule has 3 N–H and O–H groups in total. The lowest BCUT2D eigenvalue weighted by Gasteiger charge is -2.17. The highest BCUT2D eigenvalue weighted by molar-refractivity contribution is 6.33. The standard InChI is InChI=1S/C11H14ClN3O3/c1-11(2,13)6-10(16)14-9-5-7(15(17)18)3-4-8(9)12/h3-5H,6,13H2,1-2H3,(H,14,16). The number of nitrogens with two attached hydrogens (primary N) is 1. The Hall–Kier alpha value is -1.66. The third-order valence-corrected chi connectivity index (χ3v) is 2.38. The van der Waals surface area contributed by atoms with Crippen LogP contribution in [0.1, 0.15) is 20.3 Å². The maximum atomic E-state index is 11.6. The molecule has 1 aromatic rings. The van der Waals surface area contributed by atoms with E-state index < -0.39 is 10.5 Å². The maximum Gasteiger partial charge on any atom is 0.271 e. The number of nitro groups is 1. The molecule has 0 heterocycles. The minimum absolute atomic E-state index is 0.0893. The van der Waals surface area contributed by atoms with E-state index in [4.69, 9.17) is 17.3 Å². The Morgan fingerprint density at radius 1 is 1.56 bits per heavy atom. The molecule has 0 atom stereocenters. The van der Waals surface area contributed by atoms with E-state index in [2.05, 4.69) is 5.32 Å². The van der Waals surface area contributed by atoms with Gasteiger partial charge < -0.3 is 11.1 Å². The molecule has 0 aliphatic carbocycles. The molecular weight excluding hydrogens is 258 g/mol. The van der Waals surface area contributed by atoms with Crippen LogP contribution in [0, 0.1) is 10.1 Å². The number of carbonyl (C=O) groups excluding carboxylic acids is 1. The topological polar surface area (TPSA) is 98.3 Å². The van der Waals surface area contributed by atoms with E-state index in [1.165, 1.54) is 18.2 Å². The molecule has 0 saturated carbocycles. The number of nitrogens with one attached hydrogen (secondary N) is 1. The van der Waals surface area contributed by atoms with Crippen LogP contribution >= 0.6 is 11.6 Å². The Labute approximate surface area is 109 Å². The van der Waals surface area contributed by atoms with E-state index in [1.807, 2.05) is 0 Å². The number of hydrogen-bond donors (Lipinski definition) is 2. The highest BCUT2D eigenvalue weighted by atomic mass is 35.5. The van der Waals surface area contributed by atoms with E-state index in [-0.39, 0.29) is 28.7 Å². The third-order valence-electron chi connectivity index (χ3n) is 2.05. The van der Waals surface area contributed by atoms with Crippen molar-refractivity contribution in [1.82, 2.24) is 0 Å². The number of rotatable bonds is 4. The molecule has 0 unspecified atom stereocenters. The minimum Gasteiger partial charge on any atom is -0.325 e. The van der Waals surface area contributed by atoms with Crippen LogP contribution in [0.3, 0.4) is 0 Å². The van der Waals surface area contributed by atoms with Gasteiger partial charge in [0, 0.05) is 24.1 Å². The van der Waals surface area contributed by atoms with Gasteiger partial charge in [-0.15, -0.1) is 0 Å². The van der Waals surface area contributed by atoms with Gasteiger partial charge >= 0.3 is 0 Å². The van der Waals surface area contributed by atoms with E-state index in [9.17, 15) is 14.9 Å². The molecular formula is C11H14ClN3O3. The van der Waals surface area contributed by atoms with Gasteiger partial charge in [-0.1, -0.05) is 11.6 Å². The van der Waals surface area contributed by atoms with Crippen molar-refractivity contribution in [1.29, 1.82) is 0 Å². The van der Waals surface area contributed by atoms with Gasteiger partial charge in [-0.05, 0) is 19.9 Å². The van der Waals surface area contributed by atoms with Crippen LogP contribution in [0.15, 0.2) is 18.2 Å². The summed E-state index contributed by atoms with van der Waals surface area (Å²) >= 11 is 5.85. The van der Waals surface area contributed by atoms with Gasteiger partial charge in [0.25, 0.3) is 5.69 Å². The van der Waals surface area contributed by atoms with Crippen LogP contribution in [-0.4, -0.2) is 16.4 Å². The number of benzene rings is 1. The summed E-state index contributed by atoms with van der Waals surface area (Å²) in [4.78, 5) is 21.7. The first-order valence-corrected chi connectivity index (χ1v) is 5.59.